The molecule has 0 aromatic carbocycles. The van der Waals surface area contributed by atoms with Gasteiger partial charge in [-0.15, -0.1) is 0 Å². The smallest absolute Gasteiger partial charge is 0.229 e. The Bertz CT molecular complexity index is 479. The summed E-state index contributed by atoms with van der Waals surface area (Å²) < 4.78 is 157. The zero-order chi connectivity index (χ0) is 18.2. The van der Waals surface area contributed by atoms with Crippen molar-refractivity contribution < 1.29 is 56.7 Å². The minimum Gasteiger partial charge on any atom is -0.229 e. The van der Waals surface area contributed by atoms with Crippen LogP contribution < -0.4 is 0 Å². The van der Waals surface area contributed by atoms with E-state index in [9.17, 15) is 56.7 Å². The largest absolute Gasteiger partial charge is 0.390 e. The Balaban J connectivity index is 5.33. The average Bonchev–Trinajstić information content (AvgIpc) is 2.23. The highest BCUT2D eigenvalue weighted by Gasteiger charge is 2.75. The molecule has 0 spiro atoms. The summed E-state index contributed by atoms with van der Waals surface area (Å²) in [7, 11) is -5.57. The molecule has 0 unspecified atom stereocenters. The molecule has 0 aliphatic heterocycles. The average molecular weight is 376 g/mol. The van der Waals surface area contributed by atoms with Gasteiger partial charge in [-0.2, -0.15) is 39.5 Å². The van der Waals surface area contributed by atoms with Crippen molar-refractivity contribution in [2.24, 2.45) is 0 Å². The van der Waals surface area contributed by atoms with E-state index in [1.165, 1.54) is 0 Å². The molecule has 0 amide bonds. The molecule has 0 atom stereocenters. The molecular weight excluding hydrogens is 369 g/mol. The predicted molar refractivity (Wildman–Crippen MR) is 50.2 cm³/mol. The highest BCUT2D eigenvalue weighted by atomic mass is 32.2. The van der Waals surface area contributed by atoms with Gasteiger partial charge in [0.2, 0.25) is 0 Å². The number of rotatable bonds is 7. The Hall–Kier alpha value is -0.820. The number of alkyl halides is 11. The summed E-state index contributed by atoms with van der Waals surface area (Å²) in [6.07, 6.45) is -12.6. The third-order valence-electron chi connectivity index (χ3n) is 2.25. The van der Waals surface area contributed by atoms with Crippen molar-refractivity contribution in [3.63, 3.8) is 0 Å². The summed E-state index contributed by atoms with van der Waals surface area (Å²) in [6, 6.07) is 0. The van der Waals surface area contributed by atoms with Gasteiger partial charge in [-0.25, -0.2) is 17.2 Å². The first-order valence-corrected chi connectivity index (χ1v) is 6.87. The summed E-state index contributed by atoms with van der Waals surface area (Å²) in [6.45, 7) is 0. The van der Waals surface area contributed by atoms with E-state index in [2.05, 4.69) is 0 Å². The van der Waals surface area contributed by atoms with Crippen LogP contribution in [-0.2, 0) is 9.84 Å². The van der Waals surface area contributed by atoms with Crippen LogP contribution in [0.5, 0.6) is 0 Å². The van der Waals surface area contributed by atoms with Crippen LogP contribution in [0.1, 0.15) is 6.42 Å². The third-order valence-corrected chi connectivity index (χ3v) is 3.88. The number of halogens is 11. The normalized spacial score (nSPS) is 15.5. The van der Waals surface area contributed by atoms with Gasteiger partial charge in [0.05, 0.1) is 12.2 Å². The van der Waals surface area contributed by atoms with Gasteiger partial charge in [-0.3, -0.25) is 0 Å². The maximum Gasteiger partial charge on any atom is 0.390 e. The van der Waals surface area contributed by atoms with E-state index in [1.54, 1.807) is 0 Å². The maximum absolute atomic E-state index is 12.9. The van der Waals surface area contributed by atoms with Crippen LogP contribution in [-0.4, -0.2) is 50.3 Å². The van der Waals surface area contributed by atoms with E-state index in [4.69, 9.17) is 0 Å². The molecule has 0 bridgehead atoms. The molecule has 0 aliphatic carbocycles. The fraction of sp³-hybridized carbons (Fsp3) is 1.00. The van der Waals surface area contributed by atoms with E-state index in [0.29, 0.717) is 0 Å². The topological polar surface area (TPSA) is 34.1 Å². The molecule has 0 radical (unpaired) electrons. The molecule has 134 valence electrons. The molecule has 14 heteroatoms. The highest BCUT2D eigenvalue weighted by Crippen LogP contribution is 2.49. The van der Waals surface area contributed by atoms with Gasteiger partial charge >= 0.3 is 30.4 Å². The SMILES string of the molecule is O=S(=O)(CCC(F)(F)F)CC(F)(F)C(F)(F)C(F)(F)C(F)F. The number of hydrogen-bond donors (Lipinski definition) is 0. The minimum absolute atomic E-state index is 2.08. The standard InChI is InChI=1S/C8H7F11O2S/c9-4(10)7(16,17)8(18,19)5(11,12)3-22(20,21)2-1-6(13,14)15/h4H,1-3H2. The predicted octanol–water partition coefficient (Wildman–Crippen LogP) is 3.52. The highest BCUT2D eigenvalue weighted by molar-refractivity contribution is 7.91. The van der Waals surface area contributed by atoms with Crippen molar-refractivity contribution in [2.75, 3.05) is 11.5 Å². The Morgan fingerprint density at radius 3 is 1.55 bits per heavy atom. The Labute approximate surface area is 116 Å². The second kappa shape index (κ2) is 6.00. The Morgan fingerprint density at radius 2 is 1.23 bits per heavy atom. The van der Waals surface area contributed by atoms with Crippen LogP contribution in [0.4, 0.5) is 48.3 Å². The first kappa shape index (κ1) is 21.2. The van der Waals surface area contributed by atoms with Crippen molar-refractivity contribution in [3.05, 3.63) is 0 Å². The van der Waals surface area contributed by atoms with Gasteiger partial charge in [0.1, 0.15) is 5.75 Å². The van der Waals surface area contributed by atoms with Gasteiger partial charge in [-0.1, -0.05) is 0 Å². The fourth-order valence-corrected chi connectivity index (χ4v) is 2.51. The zero-order valence-corrected chi connectivity index (χ0v) is 10.9. The molecule has 0 aromatic heterocycles. The molecule has 0 rings (SSSR count). The first-order valence-electron chi connectivity index (χ1n) is 5.04. The van der Waals surface area contributed by atoms with E-state index < -0.39 is 58.1 Å². The second-order valence-corrected chi connectivity index (χ2v) is 6.34. The van der Waals surface area contributed by atoms with Crippen molar-refractivity contribution in [1.82, 2.24) is 0 Å². The molecule has 0 aliphatic rings. The van der Waals surface area contributed by atoms with Gasteiger partial charge in [-0.05, 0) is 0 Å². The molecule has 0 fully saturated rings. The lowest BCUT2D eigenvalue weighted by Crippen LogP contribution is -2.59. The lowest BCUT2D eigenvalue weighted by Gasteiger charge is -2.32. The molecule has 0 saturated heterocycles. The fourth-order valence-electron chi connectivity index (χ4n) is 1.09. The first-order chi connectivity index (χ1) is 9.36. The van der Waals surface area contributed by atoms with E-state index in [0.717, 1.165) is 0 Å². The van der Waals surface area contributed by atoms with Crippen LogP contribution in [0.2, 0.25) is 0 Å². The molecule has 0 heterocycles. The molecule has 22 heavy (non-hydrogen) atoms. The lowest BCUT2D eigenvalue weighted by atomic mass is 10.1. The van der Waals surface area contributed by atoms with E-state index in [-0.39, 0.29) is 0 Å². The van der Waals surface area contributed by atoms with Gasteiger partial charge in [0.25, 0.3) is 0 Å². The van der Waals surface area contributed by atoms with Crippen molar-refractivity contribution in [2.45, 2.75) is 36.8 Å². The lowest BCUT2D eigenvalue weighted by molar-refractivity contribution is -0.332. The van der Waals surface area contributed by atoms with E-state index in [1.807, 2.05) is 0 Å². The number of sulfone groups is 1. The van der Waals surface area contributed by atoms with E-state index >= 15 is 0 Å². The number of hydrogen-bond acceptors (Lipinski definition) is 2. The molecule has 0 saturated carbocycles. The molecular formula is C8H7F11O2S. The minimum atomic E-state index is -6.78. The van der Waals surface area contributed by atoms with Gasteiger partial charge < -0.3 is 0 Å². The van der Waals surface area contributed by atoms with Crippen LogP contribution in [0.25, 0.3) is 0 Å². The summed E-state index contributed by atoms with van der Waals surface area (Å²) in [4.78, 5) is 0. The summed E-state index contributed by atoms with van der Waals surface area (Å²) in [5.74, 6) is -24.8. The Kier molecular flexibility index (Phi) is 5.77. The van der Waals surface area contributed by atoms with Crippen LogP contribution in [0, 0.1) is 0 Å². The van der Waals surface area contributed by atoms with Crippen molar-refractivity contribution in [3.8, 4) is 0 Å². The molecule has 0 N–H and O–H groups in total. The summed E-state index contributed by atoms with van der Waals surface area (Å²) in [5, 5.41) is 0. The van der Waals surface area contributed by atoms with Gasteiger partial charge in [0, 0.05) is 0 Å². The summed E-state index contributed by atoms with van der Waals surface area (Å²) >= 11 is 0. The van der Waals surface area contributed by atoms with Crippen LogP contribution >= 0.6 is 0 Å². The second-order valence-electron chi connectivity index (χ2n) is 4.16. The maximum atomic E-state index is 12.9. The van der Waals surface area contributed by atoms with Crippen LogP contribution in [0.15, 0.2) is 0 Å². The van der Waals surface area contributed by atoms with Crippen LogP contribution in [0.3, 0.4) is 0 Å². The quantitative estimate of drug-likeness (QED) is 0.638. The Morgan fingerprint density at radius 1 is 0.818 bits per heavy atom. The third kappa shape index (κ3) is 4.84. The zero-order valence-electron chi connectivity index (χ0n) is 10.1. The van der Waals surface area contributed by atoms with Gasteiger partial charge in [0.15, 0.2) is 9.84 Å². The van der Waals surface area contributed by atoms with Crippen molar-refractivity contribution in [1.29, 1.82) is 0 Å². The monoisotopic (exact) mass is 376 g/mol. The molecule has 0 aromatic rings. The summed E-state index contributed by atoms with van der Waals surface area (Å²) in [5.41, 5.74) is 0. The van der Waals surface area contributed by atoms with Crippen molar-refractivity contribution >= 4 is 9.84 Å². The molecule has 2 nitrogen and oxygen atoms in total.